The van der Waals surface area contributed by atoms with Crippen LogP contribution in [0, 0.1) is 6.92 Å². The fourth-order valence-electron chi connectivity index (χ4n) is 4.02. The lowest BCUT2D eigenvalue weighted by molar-refractivity contribution is -0.117. The molecule has 162 valence electrons. The van der Waals surface area contributed by atoms with Gasteiger partial charge in [0.15, 0.2) is 0 Å². The van der Waals surface area contributed by atoms with Gasteiger partial charge in [-0.1, -0.05) is 24.6 Å². The summed E-state index contributed by atoms with van der Waals surface area (Å²) in [5.41, 5.74) is 3.42. The topological polar surface area (TPSA) is 63.0 Å². The van der Waals surface area contributed by atoms with Crippen LogP contribution in [-0.2, 0) is 11.2 Å². The Labute approximate surface area is 182 Å². The van der Waals surface area contributed by atoms with Crippen molar-refractivity contribution < 1.29 is 13.9 Å². The maximum Gasteiger partial charge on any atom is 0.360 e. The van der Waals surface area contributed by atoms with Crippen molar-refractivity contribution in [3.05, 3.63) is 64.0 Å². The summed E-state index contributed by atoms with van der Waals surface area (Å²) in [6, 6.07) is 13.5. The lowest BCUT2D eigenvalue weighted by atomic mass is 9.98. The van der Waals surface area contributed by atoms with Gasteiger partial charge in [-0.3, -0.25) is 4.79 Å². The highest BCUT2D eigenvalue weighted by atomic mass is 16.5. The third-order valence-corrected chi connectivity index (χ3v) is 5.66. The Bertz CT molecular complexity index is 1150. The van der Waals surface area contributed by atoms with Crippen LogP contribution in [0.1, 0.15) is 30.9 Å². The number of ether oxygens (including phenoxy) is 1. The zero-order valence-corrected chi connectivity index (χ0v) is 18.3. The number of hydrogen-bond donors (Lipinski definition) is 0. The first-order chi connectivity index (χ1) is 15.0. The number of hydrogen-bond acceptors (Lipinski definition) is 5. The van der Waals surface area contributed by atoms with Gasteiger partial charge in [0.1, 0.15) is 17.0 Å². The van der Waals surface area contributed by atoms with Crippen LogP contribution in [0.3, 0.4) is 0 Å². The molecular formula is C25H28N2O4. The van der Waals surface area contributed by atoms with Gasteiger partial charge in [-0.25, -0.2) is 4.79 Å². The van der Waals surface area contributed by atoms with Crippen molar-refractivity contribution >= 4 is 28.3 Å². The minimum Gasteiger partial charge on any atom is -0.494 e. The van der Waals surface area contributed by atoms with Crippen LogP contribution in [0.5, 0.6) is 5.75 Å². The van der Waals surface area contributed by atoms with E-state index < -0.39 is 5.63 Å². The smallest absolute Gasteiger partial charge is 0.360 e. The largest absolute Gasteiger partial charge is 0.494 e. The normalized spacial score (nSPS) is 13.2. The quantitative estimate of drug-likeness (QED) is 0.556. The molecule has 0 fully saturated rings. The van der Waals surface area contributed by atoms with E-state index in [0.717, 1.165) is 41.6 Å². The summed E-state index contributed by atoms with van der Waals surface area (Å²) in [4.78, 5) is 29.5. The van der Waals surface area contributed by atoms with Gasteiger partial charge in [-0.15, -0.1) is 0 Å². The van der Waals surface area contributed by atoms with Gasteiger partial charge in [0.05, 0.1) is 13.2 Å². The Morgan fingerprint density at radius 3 is 2.71 bits per heavy atom. The summed E-state index contributed by atoms with van der Waals surface area (Å²) in [5.74, 6) is 0.627. The number of amides is 1. The molecule has 0 saturated heterocycles. The third-order valence-electron chi connectivity index (χ3n) is 5.66. The number of carbonyl (C=O) groups excluding carboxylic acids is 1. The van der Waals surface area contributed by atoms with Crippen molar-refractivity contribution in [1.29, 1.82) is 0 Å². The van der Waals surface area contributed by atoms with E-state index in [4.69, 9.17) is 9.15 Å². The second-order valence-corrected chi connectivity index (χ2v) is 8.06. The van der Waals surface area contributed by atoms with Crippen LogP contribution in [-0.4, -0.2) is 32.7 Å². The van der Waals surface area contributed by atoms with Gasteiger partial charge in [-0.05, 0) is 62.1 Å². The summed E-state index contributed by atoms with van der Waals surface area (Å²) < 4.78 is 11.3. The maximum atomic E-state index is 13.2. The first kappa shape index (κ1) is 21.0. The Morgan fingerprint density at radius 2 is 1.97 bits per heavy atom. The standard InChI is InChI=1S/C25H28N2O4/c1-4-14-30-19-11-12-22-21(15-19)20-6-5-13-27(24(20)25(29)31-22)23(28)16-26(3)18-9-7-17(2)8-10-18/h7-12,15H,4-6,13-14,16H2,1-3H3. The number of likely N-dealkylation sites (N-methyl/N-ethyl adjacent to an activating group) is 1. The number of rotatable bonds is 6. The zero-order valence-electron chi connectivity index (χ0n) is 18.3. The molecule has 2 heterocycles. The highest BCUT2D eigenvalue weighted by molar-refractivity contribution is 6.00. The van der Waals surface area contributed by atoms with Crippen LogP contribution in [0.25, 0.3) is 11.0 Å². The highest BCUT2D eigenvalue weighted by Crippen LogP contribution is 2.33. The summed E-state index contributed by atoms with van der Waals surface area (Å²) in [6.45, 7) is 5.40. The molecule has 3 aromatic rings. The molecular weight excluding hydrogens is 392 g/mol. The molecule has 6 nitrogen and oxygen atoms in total. The summed E-state index contributed by atoms with van der Waals surface area (Å²) in [7, 11) is 1.88. The van der Waals surface area contributed by atoms with Gasteiger partial charge in [-0.2, -0.15) is 0 Å². The van der Waals surface area contributed by atoms with E-state index in [1.165, 1.54) is 5.56 Å². The first-order valence-corrected chi connectivity index (χ1v) is 10.8. The van der Waals surface area contributed by atoms with Crippen molar-refractivity contribution in [1.82, 2.24) is 0 Å². The number of nitrogens with zero attached hydrogens (tertiary/aromatic N) is 2. The summed E-state index contributed by atoms with van der Waals surface area (Å²) in [5, 5.41) is 0.840. The van der Waals surface area contributed by atoms with Crippen LogP contribution < -0.4 is 20.2 Å². The molecule has 1 aliphatic rings. The van der Waals surface area contributed by atoms with Crippen molar-refractivity contribution in [2.45, 2.75) is 33.1 Å². The highest BCUT2D eigenvalue weighted by Gasteiger charge is 2.29. The van der Waals surface area contributed by atoms with E-state index in [1.807, 2.05) is 55.3 Å². The SMILES string of the molecule is CCCOc1ccc2oc(=O)c3c(c2c1)CCCN3C(=O)CN(C)c1ccc(C)cc1. The second kappa shape index (κ2) is 8.84. The minimum absolute atomic E-state index is 0.117. The fourth-order valence-corrected chi connectivity index (χ4v) is 4.02. The Morgan fingerprint density at radius 1 is 1.19 bits per heavy atom. The monoisotopic (exact) mass is 420 g/mol. The average Bonchev–Trinajstić information content (AvgIpc) is 2.78. The number of anilines is 2. The van der Waals surface area contributed by atoms with Crippen LogP contribution in [0.15, 0.2) is 51.7 Å². The van der Waals surface area contributed by atoms with E-state index in [9.17, 15) is 9.59 Å². The summed E-state index contributed by atoms with van der Waals surface area (Å²) in [6.07, 6.45) is 2.44. The van der Waals surface area contributed by atoms with E-state index in [2.05, 4.69) is 6.92 Å². The van der Waals surface area contributed by atoms with E-state index >= 15 is 0 Å². The van der Waals surface area contributed by atoms with Crippen LogP contribution in [0.2, 0.25) is 0 Å². The predicted octanol–water partition coefficient (Wildman–Crippen LogP) is 4.31. The van der Waals surface area contributed by atoms with Crippen LogP contribution in [0.4, 0.5) is 11.4 Å². The van der Waals surface area contributed by atoms with Gasteiger partial charge < -0.3 is 19.0 Å². The van der Waals surface area contributed by atoms with E-state index in [0.29, 0.717) is 24.4 Å². The zero-order chi connectivity index (χ0) is 22.0. The molecule has 6 heteroatoms. The number of carbonyl (C=O) groups is 1. The van der Waals surface area contributed by atoms with Gasteiger partial charge in [0.25, 0.3) is 0 Å². The fraction of sp³-hybridized carbons (Fsp3) is 0.360. The van der Waals surface area contributed by atoms with Crippen molar-refractivity contribution in [2.24, 2.45) is 0 Å². The number of benzene rings is 2. The van der Waals surface area contributed by atoms with Gasteiger partial charge in [0.2, 0.25) is 5.91 Å². The molecule has 4 rings (SSSR count). The molecule has 0 atom stereocenters. The van der Waals surface area contributed by atoms with Crippen molar-refractivity contribution in [3.63, 3.8) is 0 Å². The maximum absolute atomic E-state index is 13.2. The molecule has 1 aromatic heterocycles. The molecule has 0 radical (unpaired) electrons. The molecule has 0 aliphatic carbocycles. The lowest BCUT2D eigenvalue weighted by Gasteiger charge is -2.30. The van der Waals surface area contributed by atoms with Gasteiger partial charge in [0, 0.05) is 24.7 Å². The van der Waals surface area contributed by atoms with E-state index in [-0.39, 0.29) is 12.5 Å². The van der Waals surface area contributed by atoms with Gasteiger partial charge >= 0.3 is 5.63 Å². The summed E-state index contributed by atoms with van der Waals surface area (Å²) >= 11 is 0. The Kier molecular flexibility index (Phi) is 5.98. The molecule has 2 aromatic carbocycles. The second-order valence-electron chi connectivity index (χ2n) is 8.06. The molecule has 1 amide bonds. The molecule has 0 unspecified atom stereocenters. The molecule has 31 heavy (non-hydrogen) atoms. The Balaban J connectivity index is 1.66. The molecule has 0 N–H and O–H groups in total. The predicted molar refractivity (Wildman–Crippen MR) is 123 cm³/mol. The Hall–Kier alpha value is -3.28. The van der Waals surface area contributed by atoms with Crippen LogP contribution >= 0.6 is 0 Å². The van der Waals surface area contributed by atoms with Crippen molar-refractivity contribution in [3.8, 4) is 5.75 Å². The number of aryl methyl sites for hydroxylation is 2. The molecule has 0 saturated carbocycles. The molecule has 0 bridgehead atoms. The van der Waals surface area contributed by atoms with E-state index in [1.54, 1.807) is 11.0 Å². The van der Waals surface area contributed by atoms with Crippen molar-refractivity contribution in [2.75, 3.05) is 36.5 Å². The molecule has 0 spiro atoms. The number of fused-ring (bicyclic) bond motifs is 3. The molecule has 1 aliphatic heterocycles. The minimum atomic E-state index is -0.462. The third kappa shape index (κ3) is 4.29. The first-order valence-electron chi connectivity index (χ1n) is 10.8. The lowest BCUT2D eigenvalue weighted by Crippen LogP contribution is -2.44. The average molecular weight is 421 g/mol.